The lowest BCUT2D eigenvalue weighted by Crippen LogP contribution is -2.16. The minimum absolute atomic E-state index is 0.209. The van der Waals surface area contributed by atoms with E-state index in [4.69, 9.17) is 0 Å². The number of aromatic nitrogens is 1. The van der Waals surface area contributed by atoms with Crippen LogP contribution in [0, 0.1) is 6.92 Å². The molecule has 0 fully saturated rings. The van der Waals surface area contributed by atoms with Gasteiger partial charge in [0.2, 0.25) is 0 Å². The minimum atomic E-state index is -0.209. The monoisotopic (exact) mass is 388 g/mol. The smallest absolute Gasteiger partial charge is 0.279 e. The van der Waals surface area contributed by atoms with Gasteiger partial charge in [-0.3, -0.25) is 4.79 Å². The maximum atomic E-state index is 12.5. The third kappa shape index (κ3) is 3.46. The number of halogens is 1. The van der Waals surface area contributed by atoms with E-state index in [1.165, 1.54) is 10.3 Å². The molecule has 118 valence electrons. The molecule has 0 spiro atoms. The Kier molecular flexibility index (Phi) is 4.78. The van der Waals surface area contributed by atoms with Crippen LogP contribution in [0.5, 0.6) is 0 Å². The predicted molar refractivity (Wildman–Crippen MR) is 98.9 cm³/mol. The van der Waals surface area contributed by atoms with Gasteiger partial charge in [0.1, 0.15) is 0 Å². The van der Waals surface area contributed by atoms with Gasteiger partial charge in [-0.2, -0.15) is 4.99 Å². The quantitative estimate of drug-likeness (QED) is 0.626. The fourth-order valence-corrected chi connectivity index (χ4v) is 4.03. The van der Waals surface area contributed by atoms with Crippen molar-refractivity contribution in [2.24, 2.45) is 4.99 Å². The average molecular weight is 389 g/mol. The van der Waals surface area contributed by atoms with E-state index in [-0.39, 0.29) is 5.91 Å². The van der Waals surface area contributed by atoms with Gasteiger partial charge in [0.05, 0.1) is 10.2 Å². The topological polar surface area (TPSA) is 34.4 Å². The summed E-state index contributed by atoms with van der Waals surface area (Å²) in [6.45, 7) is 5.06. The number of benzene rings is 2. The molecule has 0 atom stereocenters. The molecule has 23 heavy (non-hydrogen) atoms. The molecule has 0 saturated heterocycles. The Labute approximate surface area is 147 Å². The molecule has 0 bridgehead atoms. The summed E-state index contributed by atoms with van der Waals surface area (Å²) in [4.78, 5) is 17.6. The molecule has 1 heterocycles. The summed E-state index contributed by atoms with van der Waals surface area (Å²) < 4.78 is 4.18. The Morgan fingerprint density at radius 2 is 2.09 bits per heavy atom. The minimum Gasteiger partial charge on any atom is -0.316 e. The van der Waals surface area contributed by atoms with E-state index in [1.54, 1.807) is 23.5 Å². The molecule has 0 aliphatic rings. The highest BCUT2D eigenvalue weighted by Gasteiger charge is 2.09. The molecule has 0 saturated carbocycles. The van der Waals surface area contributed by atoms with Gasteiger partial charge in [-0.25, -0.2) is 0 Å². The molecule has 0 aliphatic carbocycles. The summed E-state index contributed by atoms with van der Waals surface area (Å²) in [7, 11) is 0. The molecule has 3 nitrogen and oxygen atoms in total. The lowest BCUT2D eigenvalue weighted by atomic mass is 10.2. The van der Waals surface area contributed by atoms with Crippen molar-refractivity contribution in [2.75, 3.05) is 0 Å². The molecule has 0 unspecified atom stereocenters. The first-order valence-corrected chi connectivity index (χ1v) is 9.14. The summed E-state index contributed by atoms with van der Waals surface area (Å²) in [5, 5.41) is 0. The van der Waals surface area contributed by atoms with Crippen molar-refractivity contribution in [1.82, 2.24) is 4.57 Å². The normalized spacial score (nSPS) is 12.0. The summed E-state index contributed by atoms with van der Waals surface area (Å²) in [6.07, 6.45) is 0.998. The zero-order chi connectivity index (χ0) is 16.4. The molecular weight excluding hydrogens is 372 g/mol. The van der Waals surface area contributed by atoms with Gasteiger partial charge < -0.3 is 4.57 Å². The van der Waals surface area contributed by atoms with Gasteiger partial charge in [0.25, 0.3) is 5.91 Å². The molecule has 1 amide bonds. The third-order valence-electron chi connectivity index (χ3n) is 3.55. The molecule has 2 aromatic carbocycles. The van der Waals surface area contributed by atoms with E-state index in [1.807, 2.05) is 12.1 Å². The van der Waals surface area contributed by atoms with Gasteiger partial charge in [0, 0.05) is 16.6 Å². The number of carbonyl (C=O) groups is 1. The standard InChI is InChI=1S/C18H17BrN2OS/c1-3-9-21-15-8-7-12(2)10-16(15)23-18(21)20-17(22)13-5-4-6-14(19)11-13/h4-8,10-11H,3,9H2,1-2H3. The summed E-state index contributed by atoms with van der Waals surface area (Å²) >= 11 is 4.96. The second kappa shape index (κ2) is 6.81. The zero-order valence-corrected chi connectivity index (χ0v) is 15.4. The van der Waals surface area contributed by atoms with Crippen LogP contribution < -0.4 is 4.80 Å². The number of nitrogens with zero attached hydrogens (tertiary/aromatic N) is 2. The molecule has 1 aromatic heterocycles. The highest BCUT2D eigenvalue weighted by molar-refractivity contribution is 9.10. The number of hydrogen-bond donors (Lipinski definition) is 0. The maximum Gasteiger partial charge on any atom is 0.279 e. The van der Waals surface area contributed by atoms with Crippen molar-refractivity contribution in [2.45, 2.75) is 26.8 Å². The van der Waals surface area contributed by atoms with Crippen molar-refractivity contribution >= 4 is 43.4 Å². The van der Waals surface area contributed by atoms with Gasteiger partial charge in [-0.05, 0) is 49.2 Å². The van der Waals surface area contributed by atoms with Crippen LogP contribution >= 0.6 is 27.3 Å². The van der Waals surface area contributed by atoms with Crippen LogP contribution in [0.4, 0.5) is 0 Å². The summed E-state index contributed by atoms with van der Waals surface area (Å²) in [5.41, 5.74) is 2.95. The summed E-state index contributed by atoms with van der Waals surface area (Å²) in [5.74, 6) is -0.209. The number of carbonyl (C=O) groups excluding carboxylic acids is 1. The number of aryl methyl sites for hydroxylation is 2. The van der Waals surface area contributed by atoms with Gasteiger partial charge in [0.15, 0.2) is 4.80 Å². The second-order valence-electron chi connectivity index (χ2n) is 5.43. The van der Waals surface area contributed by atoms with Crippen LogP contribution in [0.2, 0.25) is 0 Å². The fourth-order valence-electron chi connectivity index (χ4n) is 2.48. The Morgan fingerprint density at radius 3 is 2.83 bits per heavy atom. The van der Waals surface area contributed by atoms with E-state index < -0.39 is 0 Å². The van der Waals surface area contributed by atoms with Gasteiger partial charge in [-0.15, -0.1) is 0 Å². The first-order valence-electron chi connectivity index (χ1n) is 7.53. The lowest BCUT2D eigenvalue weighted by Gasteiger charge is -2.03. The molecule has 0 N–H and O–H groups in total. The van der Waals surface area contributed by atoms with Crippen molar-refractivity contribution in [3.8, 4) is 0 Å². The van der Waals surface area contributed by atoms with Gasteiger partial charge >= 0.3 is 0 Å². The van der Waals surface area contributed by atoms with Gasteiger partial charge in [-0.1, -0.05) is 46.3 Å². The molecule has 0 aliphatic heterocycles. The Balaban J connectivity index is 2.14. The van der Waals surface area contributed by atoms with E-state index in [0.717, 1.165) is 27.8 Å². The van der Waals surface area contributed by atoms with E-state index in [2.05, 4.69) is 57.5 Å². The average Bonchev–Trinajstić information content (AvgIpc) is 2.84. The number of hydrogen-bond acceptors (Lipinski definition) is 2. The van der Waals surface area contributed by atoms with Crippen molar-refractivity contribution < 1.29 is 4.79 Å². The maximum absolute atomic E-state index is 12.5. The van der Waals surface area contributed by atoms with Crippen LogP contribution in [0.15, 0.2) is 51.9 Å². The lowest BCUT2D eigenvalue weighted by molar-refractivity contribution is 0.0997. The van der Waals surface area contributed by atoms with Crippen LogP contribution in [0.1, 0.15) is 29.3 Å². The molecule has 0 radical (unpaired) electrons. The first kappa shape index (κ1) is 16.1. The summed E-state index contributed by atoms with van der Waals surface area (Å²) in [6, 6.07) is 13.7. The van der Waals surface area contributed by atoms with E-state index in [0.29, 0.717) is 5.56 Å². The highest BCUT2D eigenvalue weighted by Crippen LogP contribution is 2.19. The van der Waals surface area contributed by atoms with E-state index >= 15 is 0 Å². The third-order valence-corrected chi connectivity index (χ3v) is 5.09. The first-order chi connectivity index (χ1) is 11.1. The Bertz CT molecular complexity index is 940. The molecule has 3 rings (SSSR count). The van der Waals surface area contributed by atoms with Crippen LogP contribution in [0.25, 0.3) is 10.2 Å². The van der Waals surface area contributed by atoms with Crippen molar-refractivity contribution in [3.63, 3.8) is 0 Å². The largest absolute Gasteiger partial charge is 0.316 e. The van der Waals surface area contributed by atoms with E-state index in [9.17, 15) is 4.79 Å². The number of rotatable bonds is 3. The highest BCUT2D eigenvalue weighted by atomic mass is 79.9. The zero-order valence-electron chi connectivity index (χ0n) is 13.0. The Morgan fingerprint density at radius 1 is 1.26 bits per heavy atom. The predicted octanol–water partition coefficient (Wildman–Crippen LogP) is 4.92. The van der Waals surface area contributed by atoms with Crippen LogP contribution in [0.3, 0.4) is 0 Å². The number of amides is 1. The van der Waals surface area contributed by atoms with Crippen molar-refractivity contribution in [3.05, 3.63) is 62.9 Å². The molecule has 3 aromatic rings. The SMILES string of the molecule is CCCn1c(=NC(=O)c2cccc(Br)c2)sc2cc(C)ccc21. The van der Waals surface area contributed by atoms with Crippen molar-refractivity contribution in [1.29, 1.82) is 0 Å². The van der Waals surface area contributed by atoms with Crippen LogP contribution in [-0.4, -0.2) is 10.5 Å². The molecule has 5 heteroatoms. The Hall–Kier alpha value is -1.72. The number of fused-ring (bicyclic) bond motifs is 1. The van der Waals surface area contributed by atoms with Crippen LogP contribution in [-0.2, 0) is 6.54 Å². The number of thiazole rings is 1. The second-order valence-corrected chi connectivity index (χ2v) is 7.36. The fraction of sp³-hybridized carbons (Fsp3) is 0.222. The molecular formula is C18H17BrN2OS.